The van der Waals surface area contributed by atoms with Crippen LogP contribution in [-0.2, 0) is 19.1 Å². The first-order valence-electron chi connectivity index (χ1n) is 11.2. The minimum absolute atomic E-state index is 0.147. The van der Waals surface area contributed by atoms with Crippen molar-refractivity contribution in [3.8, 4) is 0 Å². The fourth-order valence-corrected chi connectivity index (χ4v) is 5.41. The molecule has 2 saturated heterocycles. The number of hydrogen-bond acceptors (Lipinski definition) is 9. The normalized spacial score (nSPS) is 19.6. The van der Waals surface area contributed by atoms with Gasteiger partial charge in [0, 0.05) is 25.8 Å². The summed E-state index contributed by atoms with van der Waals surface area (Å²) in [4.78, 5) is 59.7. The van der Waals surface area contributed by atoms with E-state index in [0.717, 1.165) is 17.3 Å². The number of pyridine rings is 1. The minimum Gasteiger partial charge on any atom is -0.466 e. The third kappa shape index (κ3) is 4.80. The highest BCUT2D eigenvalue weighted by Crippen LogP contribution is 2.34. The molecule has 0 saturated carbocycles. The van der Waals surface area contributed by atoms with Crippen LogP contribution in [0.4, 0.5) is 5.82 Å². The van der Waals surface area contributed by atoms with Crippen molar-refractivity contribution in [1.82, 2.24) is 19.6 Å². The molecule has 1 atom stereocenters. The molecule has 12 heteroatoms. The first-order chi connectivity index (χ1) is 16.7. The third-order valence-electron chi connectivity index (χ3n) is 5.72. The van der Waals surface area contributed by atoms with E-state index in [9.17, 15) is 19.2 Å². The number of nitrogens with zero attached hydrogens (tertiary/aromatic N) is 4. The molecule has 184 valence electrons. The lowest BCUT2D eigenvalue weighted by atomic mass is 10.1. The Morgan fingerprint density at radius 2 is 2.09 bits per heavy atom. The lowest BCUT2D eigenvalue weighted by Crippen LogP contribution is -2.57. The van der Waals surface area contributed by atoms with E-state index in [1.165, 1.54) is 15.4 Å². The molecule has 2 aliphatic heterocycles. The highest BCUT2D eigenvalue weighted by Gasteiger charge is 2.36. The van der Waals surface area contributed by atoms with Crippen LogP contribution in [0.5, 0.6) is 0 Å². The second kappa shape index (κ2) is 10.2. The Bertz CT molecular complexity index is 1320. The van der Waals surface area contributed by atoms with Gasteiger partial charge in [0.05, 0.1) is 23.5 Å². The van der Waals surface area contributed by atoms with Gasteiger partial charge in [0.15, 0.2) is 0 Å². The SMILES string of the molecule is CCOC(=O)C[C@@H]1C(=O)NCCN1c1nc2ccc(C)cn2c(=O)c1/C=C1\SC(=S)N(CC)C1=O. The van der Waals surface area contributed by atoms with E-state index in [4.69, 9.17) is 21.9 Å². The standard InChI is InChI=1S/C23H25N5O5S2/c1-4-26-22(32)16(35-23(26)34)10-14-19(25-17-7-6-13(3)12-28(17)21(14)31)27-9-8-24-20(30)15(27)11-18(29)33-5-2/h6-7,10,12,15H,4-5,8-9,11H2,1-3H3,(H,24,30)/b16-10-/t15-/m1/s1. The topological polar surface area (TPSA) is 113 Å². The van der Waals surface area contributed by atoms with Gasteiger partial charge < -0.3 is 15.0 Å². The molecule has 0 aliphatic carbocycles. The van der Waals surface area contributed by atoms with Crippen molar-refractivity contribution in [3.63, 3.8) is 0 Å². The first-order valence-corrected chi connectivity index (χ1v) is 12.5. The Labute approximate surface area is 211 Å². The summed E-state index contributed by atoms with van der Waals surface area (Å²) in [6, 6.07) is 2.63. The van der Waals surface area contributed by atoms with Gasteiger partial charge in [0.1, 0.15) is 21.8 Å². The molecule has 1 N–H and O–H groups in total. The van der Waals surface area contributed by atoms with Gasteiger partial charge >= 0.3 is 5.97 Å². The third-order valence-corrected chi connectivity index (χ3v) is 7.10. The van der Waals surface area contributed by atoms with Gasteiger partial charge in [-0.2, -0.15) is 0 Å². The lowest BCUT2D eigenvalue weighted by molar-refractivity contribution is -0.145. The van der Waals surface area contributed by atoms with Crippen LogP contribution in [-0.4, -0.2) is 68.7 Å². The highest BCUT2D eigenvalue weighted by atomic mass is 32.2. The smallest absolute Gasteiger partial charge is 0.308 e. The van der Waals surface area contributed by atoms with Gasteiger partial charge in [-0.05, 0) is 38.5 Å². The Hall–Kier alpha value is -3.25. The Kier molecular flexibility index (Phi) is 7.22. The zero-order valence-corrected chi connectivity index (χ0v) is 21.2. The van der Waals surface area contributed by atoms with E-state index >= 15 is 0 Å². The van der Waals surface area contributed by atoms with Crippen LogP contribution >= 0.6 is 24.0 Å². The van der Waals surface area contributed by atoms with Gasteiger partial charge in [-0.25, -0.2) is 4.98 Å². The molecule has 0 spiro atoms. The predicted octanol–water partition coefficient (Wildman–Crippen LogP) is 1.48. The number of nitrogens with one attached hydrogen (secondary N) is 1. The molecule has 0 unspecified atom stereocenters. The first kappa shape index (κ1) is 24.9. The quantitative estimate of drug-likeness (QED) is 0.347. The van der Waals surface area contributed by atoms with E-state index in [2.05, 4.69) is 5.32 Å². The zero-order chi connectivity index (χ0) is 25.3. The number of fused-ring (bicyclic) bond motifs is 1. The van der Waals surface area contributed by atoms with Crippen LogP contribution in [0, 0.1) is 6.92 Å². The van der Waals surface area contributed by atoms with E-state index < -0.39 is 17.6 Å². The van der Waals surface area contributed by atoms with Gasteiger partial charge in [0.2, 0.25) is 5.91 Å². The molecule has 2 amide bonds. The molecule has 2 aliphatic rings. The number of esters is 1. The van der Waals surface area contributed by atoms with Crippen molar-refractivity contribution in [2.45, 2.75) is 33.2 Å². The number of piperazine rings is 1. The van der Waals surface area contributed by atoms with E-state index in [1.54, 1.807) is 24.1 Å². The van der Waals surface area contributed by atoms with Crippen molar-refractivity contribution in [1.29, 1.82) is 0 Å². The molecular weight excluding hydrogens is 490 g/mol. The highest BCUT2D eigenvalue weighted by molar-refractivity contribution is 8.26. The second-order valence-corrected chi connectivity index (χ2v) is 9.70. The maximum Gasteiger partial charge on any atom is 0.308 e. The number of anilines is 1. The van der Waals surface area contributed by atoms with Gasteiger partial charge in [-0.3, -0.25) is 28.5 Å². The predicted molar refractivity (Wildman–Crippen MR) is 137 cm³/mol. The number of thiocarbonyl (C=S) groups is 1. The molecule has 35 heavy (non-hydrogen) atoms. The van der Waals surface area contributed by atoms with E-state index in [1.807, 2.05) is 19.9 Å². The number of rotatable bonds is 6. The van der Waals surface area contributed by atoms with Crippen LogP contribution in [0.2, 0.25) is 0 Å². The van der Waals surface area contributed by atoms with Crippen molar-refractivity contribution in [2.24, 2.45) is 0 Å². The summed E-state index contributed by atoms with van der Waals surface area (Å²) in [7, 11) is 0. The molecule has 2 aromatic rings. The number of carbonyl (C=O) groups excluding carboxylic acids is 3. The Morgan fingerprint density at radius 3 is 2.77 bits per heavy atom. The number of carbonyl (C=O) groups is 3. The molecule has 0 radical (unpaired) electrons. The maximum atomic E-state index is 13.7. The molecular formula is C23H25N5O5S2. The van der Waals surface area contributed by atoms with Crippen LogP contribution in [0.1, 0.15) is 31.4 Å². The van der Waals surface area contributed by atoms with Crippen molar-refractivity contribution in [2.75, 3.05) is 31.1 Å². The Balaban J connectivity index is 1.90. The zero-order valence-electron chi connectivity index (χ0n) is 19.6. The van der Waals surface area contributed by atoms with Crippen LogP contribution in [0.3, 0.4) is 0 Å². The number of hydrogen-bond donors (Lipinski definition) is 1. The summed E-state index contributed by atoms with van der Waals surface area (Å²) in [5.74, 6) is -0.956. The summed E-state index contributed by atoms with van der Waals surface area (Å²) in [5, 5.41) is 2.76. The molecule has 4 heterocycles. The van der Waals surface area contributed by atoms with Gasteiger partial charge in [-0.1, -0.05) is 30.0 Å². The maximum absolute atomic E-state index is 13.7. The number of thioether (sulfide) groups is 1. The summed E-state index contributed by atoms with van der Waals surface area (Å²) in [6.45, 7) is 6.60. The van der Waals surface area contributed by atoms with Crippen LogP contribution in [0.25, 0.3) is 11.7 Å². The fraction of sp³-hybridized carbons (Fsp3) is 0.391. The fourth-order valence-electron chi connectivity index (χ4n) is 4.04. The Morgan fingerprint density at radius 1 is 1.31 bits per heavy atom. The van der Waals surface area contributed by atoms with Crippen LogP contribution in [0.15, 0.2) is 28.0 Å². The van der Waals surface area contributed by atoms with Crippen molar-refractivity contribution >= 4 is 63.6 Å². The summed E-state index contributed by atoms with van der Waals surface area (Å²) < 4.78 is 6.88. The van der Waals surface area contributed by atoms with E-state index in [-0.39, 0.29) is 36.2 Å². The van der Waals surface area contributed by atoms with Crippen molar-refractivity contribution in [3.05, 3.63) is 44.7 Å². The molecule has 2 aromatic heterocycles. The number of aryl methyl sites for hydroxylation is 1. The lowest BCUT2D eigenvalue weighted by Gasteiger charge is -2.36. The number of likely N-dealkylation sites (N-methyl/N-ethyl adjacent to an activating group) is 1. The average Bonchev–Trinajstić information content (AvgIpc) is 3.09. The van der Waals surface area contributed by atoms with Gasteiger partial charge in [-0.15, -0.1) is 0 Å². The second-order valence-electron chi connectivity index (χ2n) is 8.02. The number of aromatic nitrogens is 2. The average molecular weight is 516 g/mol. The number of amides is 2. The van der Waals surface area contributed by atoms with Crippen LogP contribution < -0.4 is 15.8 Å². The molecule has 10 nitrogen and oxygen atoms in total. The molecule has 0 bridgehead atoms. The van der Waals surface area contributed by atoms with Crippen molar-refractivity contribution < 1.29 is 19.1 Å². The van der Waals surface area contributed by atoms with Gasteiger partial charge in [0.25, 0.3) is 11.5 Å². The monoisotopic (exact) mass is 515 g/mol. The molecule has 2 fully saturated rings. The summed E-state index contributed by atoms with van der Waals surface area (Å²) >= 11 is 6.43. The van der Waals surface area contributed by atoms with E-state index in [0.29, 0.717) is 34.5 Å². The summed E-state index contributed by atoms with van der Waals surface area (Å²) in [6.07, 6.45) is 2.95. The minimum atomic E-state index is -0.917. The molecule has 0 aromatic carbocycles. The summed E-state index contributed by atoms with van der Waals surface area (Å²) in [5.41, 5.74) is 0.995. The largest absolute Gasteiger partial charge is 0.466 e. The number of ether oxygens (including phenoxy) is 1. The molecule has 4 rings (SSSR count).